The first-order chi connectivity index (χ1) is 11.9. The summed E-state index contributed by atoms with van der Waals surface area (Å²) in [5.74, 6) is -0.0350. The lowest BCUT2D eigenvalue weighted by atomic mass is 10.1. The van der Waals surface area contributed by atoms with E-state index in [1.165, 1.54) is 0 Å². The predicted octanol–water partition coefficient (Wildman–Crippen LogP) is 4.10. The molecule has 2 amide bonds. The molecule has 132 valence electrons. The fourth-order valence-corrected chi connectivity index (χ4v) is 3.01. The van der Waals surface area contributed by atoms with E-state index in [9.17, 15) is 9.59 Å². The lowest BCUT2D eigenvalue weighted by Crippen LogP contribution is -2.36. The molecule has 0 saturated heterocycles. The zero-order chi connectivity index (χ0) is 18.4. The van der Waals surface area contributed by atoms with Crippen LogP contribution in [0, 0.1) is 13.8 Å². The maximum Gasteiger partial charge on any atom is 0.228 e. The van der Waals surface area contributed by atoms with Gasteiger partial charge in [0.05, 0.1) is 0 Å². The molecule has 0 aromatic heterocycles. The van der Waals surface area contributed by atoms with E-state index in [0.717, 1.165) is 22.5 Å². The molecule has 2 aromatic rings. The van der Waals surface area contributed by atoms with Gasteiger partial charge in [0.15, 0.2) is 0 Å². The number of nitrogens with zero attached hydrogens (tertiary/aromatic N) is 2. The summed E-state index contributed by atoms with van der Waals surface area (Å²) in [7, 11) is 0. The van der Waals surface area contributed by atoms with Gasteiger partial charge in [-0.3, -0.25) is 9.59 Å². The van der Waals surface area contributed by atoms with Gasteiger partial charge in [0.1, 0.15) is 0 Å². The molecule has 4 heteroatoms. The molecule has 0 atom stereocenters. The number of hydrogen-bond donors (Lipinski definition) is 0. The van der Waals surface area contributed by atoms with Gasteiger partial charge in [0.25, 0.3) is 0 Å². The zero-order valence-corrected chi connectivity index (χ0v) is 15.5. The van der Waals surface area contributed by atoms with E-state index >= 15 is 0 Å². The number of carbonyl (C=O) groups is 2. The van der Waals surface area contributed by atoms with Crippen molar-refractivity contribution in [2.45, 2.75) is 34.1 Å². The minimum absolute atomic E-state index is 0.0183. The number of carbonyl (C=O) groups excluding carboxylic acids is 2. The van der Waals surface area contributed by atoms with Crippen molar-refractivity contribution in [3.8, 4) is 0 Å². The first-order valence-electron chi connectivity index (χ1n) is 8.64. The van der Waals surface area contributed by atoms with Crippen LogP contribution in [0.5, 0.6) is 0 Å². The molecule has 25 heavy (non-hydrogen) atoms. The van der Waals surface area contributed by atoms with Gasteiger partial charge in [-0.2, -0.15) is 0 Å². The first-order valence-corrected chi connectivity index (χ1v) is 8.64. The molecule has 0 spiro atoms. The number of anilines is 2. The minimum Gasteiger partial charge on any atom is -0.313 e. The van der Waals surface area contributed by atoms with Crippen molar-refractivity contribution in [2.75, 3.05) is 22.9 Å². The minimum atomic E-state index is -0.0532. The molecular weight excluding hydrogens is 312 g/mol. The SMILES string of the molecule is CCN(C(=O)CCN(C(C)=O)c1ccc(C)cc1C)c1ccccc1. The third-order valence-corrected chi connectivity index (χ3v) is 4.26. The Hall–Kier alpha value is -2.62. The van der Waals surface area contributed by atoms with E-state index in [1.54, 1.807) is 16.7 Å². The molecule has 0 radical (unpaired) electrons. The van der Waals surface area contributed by atoms with Crippen LogP contribution in [0.2, 0.25) is 0 Å². The Morgan fingerprint density at radius 2 is 1.64 bits per heavy atom. The van der Waals surface area contributed by atoms with Gasteiger partial charge in [-0.05, 0) is 44.5 Å². The quantitative estimate of drug-likeness (QED) is 0.795. The Morgan fingerprint density at radius 3 is 2.20 bits per heavy atom. The molecule has 0 saturated carbocycles. The Labute approximate surface area is 150 Å². The molecule has 4 nitrogen and oxygen atoms in total. The van der Waals surface area contributed by atoms with Gasteiger partial charge >= 0.3 is 0 Å². The second-order valence-electron chi connectivity index (χ2n) is 6.18. The number of hydrogen-bond acceptors (Lipinski definition) is 2. The van der Waals surface area contributed by atoms with Gasteiger partial charge in [-0.1, -0.05) is 35.9 Å². The summed E-state index contributed by atoms with van der Waals surface area (Å²) in [6.45, 7) is 8.49. The van der Waals surface area contributed by atoms with Crippen LogP contribution in [0.4, 0.5) is 11.4 Å². The van der Waals surface area contributed by atoms with Crippen molar-refractivity contribution >= 4 is 23.2 Å². The van der Waals surface area contributed by atoms with Crippen molar-refractivity contribution in [3.63, 3.8) is 0 Å². The molecular formula is C21H26N2O2. The third kappa shape index (κ3) is 4.69. The predicted molar refractivity (Wildman–Crippen MR) is 103 cm³/mol. The highest BCUT2D eigenvalue weighted by atomic mass is 16.2. The molecule has 0 fully saturated rings. The Balaban J connectivity index is 2.13. The summed E-state index contributed by atoms with van der Waals surface area (Å²) in [4.78, 5) is 28.2. The van der Waals surface area contributed by atoms with Gasteiger partial charge in [0, 0.05) is 37.8 Å². The van der Waals surface area contributed by atoms with E-state index in [0.29, 0.717) is 13.1 Å². The number of amides is 2. The Bertz CT molecular complexity index is 741. The maximum atomic E-state index is 12.7. The smallest absolute Gasteiger partial charge is 0.228 e. The van der Waals surface area contributed by atoms with Crippen LogP contribution in [0.25, 0.3) is 0 Å². The molecule has 0 aliphatic rings. The van der Waals surface area contributed by atoms with Gasteiger partial charge in [-0.25, -0.2) is 0 Å². The molecule has 0 aliphatic heterocycles. The number of aryl methyl sites for hydroxylation is 2. The van der Waals surface area contributed by atoms with Gasteiger partial charge < -0.3 is 9.80 Å². The third-order valence-electron chi connectivity index (χ3n) is 4.26. The fraction of sp³-hybridized carbons (Fsp3) is 0.333. The van der Waals surface area contributed by atoms with E-state index in [4.69, 9.17) is 0 Å². The molecule has 0 bridgehead atoms. The summed E-state index contributed by atoms with van der Waals surface area (Å²) >= 11 is 0. The van der Waals surface area contributed by atoms with Gasteiger partial charge in [-0.15, -0.1) is 0 Å². The van der Waals surface area contributed by atoms with Crippen LogP contribution in [-0.2, 0) is 9.59 Å². The summed E-state index contributed by atoms with van der Waals surface area (Å²) in [6, 6.07) is 15.6. The molecule has 0 heterocycles. The van der Waals surface area contributed by atoms with E-state index < -0.39 is 0 Å². The summed E-state index contributed by atoms with van der Waals surface area (Å²) in [5, 5.41) is 0. The standard InChI is InChI=1S/C21H26N2O2/c1-5-22(19-9-7-6-8-10-19)21(25)13-14-23(18(4)24)20-12-11-16(2)15-17(20)3/h6-12,15H,5,13-14H2,1-4H3. The van der Waals surface area contributed by atoms with Crippen molar-refractivity contribution in [3.05, 3.63) is 59.7 Å². The Morgan fingerprint density at radius 1 is 0.960 bits per heavy atom. The second-order valence-corrected chi connectivity index (χ2v) is 6.18. The van der Waals surface area contributed by atoms with Gasteiger partial charge in [0.2, 0.25) is 11.8 Å². The number of rotatable bonds is 6. The van der Waals surface area contributed by atoms with Crippen LogP contribution in [0.1, 0.15) is 31.4 Å². The first kappa shape index (κ1) is 18.7. The van der Waals surface area contributed by atoms with Crippen molar-refractivity contribution in [1.82, 2.24) is 0 Å². The summed E-state index contributed by atoms with van der Waals surface area (Å²) in [6.07, 6.45) is 0.287. The molecule has 2 rings (SSSR count). The largest absolute Gasteiger partial charge is 0.313 e. The fourth-order valence-electron chi connectivity index (χ4n) is 3.01. The molecule has 2 aromatic carbocycles. The average molecular weight is 338 g/mol. The Kier molecular flexibility index (Phi) is 6.34. The highest BCUT2D eigenvalue weighted by Gasteiger charge is 2.18. The van der Waals surface area contributed by atoms with Crippen molar-refractivity contribution in [2.24, 2.45) is 0 Å². The summed E-state index contributed by atoms with van der Waals surface area (Å²) < 4.78 is 0. The number of para-hydroxylation sites is 1. The normalized spacial score (nSPS) is 10.4. The van der Waals surface area contributed by atoms with E-state index in [1.807, 2.05) is 63.2 Å². The van der Waals surface area contributed by atoms with Crippen molar-refractivity contribution in [1.29, 1.82) is 0 Å². The average Bonchev–Trinajstić information content (AvgIpc) is 2.58. The van der Waals surface area contributed by atoms with Crippen LogP contribution in [0.3, 0.4) is 0 Å². The molecule has 0 unspecified atom stereocenters. The van der Waals surface area contributed by atoms with Crippen LogP contribution >= 0.6 is 0 Å². The monoisotopic (exact) mass is 338 g/mol. The maximum absolute atomic E-state index is 12.7. The van der Waals surface area contributed by atoms with E-state index in [2.05, 4.69) is 6.07 Å². The van der Waals surface area contributed by atoms with Crippen LogP contribution in [0.15, 0.2) is 48.5 Å². The highest BCUT2D eigenvalue weighted by Crippen LogP contribution is 2.22. The topological polar surface area (TPSA) is 40.6 Å². The zero-order valence-electron chi connectivity index (χ0n) is 15.5. The second kappa shape index (κ2) is 8.47. The van der Waals surface area contributed by atoms with Crippen LogP contribution < -0.4 is 9.80 Å². The van der Waals surface area contributed by atoms with Crippen LogP contribution in [-0.4, -0.2) is 24.9 Å². The van der Waals surface area contributed by atoms with E-state index in [-0.39, 0.29) is 18.2 Å². The van der Waals surface area contributed by atoms with Crippen molar-refractivity contribution < 1.29 is 9.59 Å². The lowest BCUT2D eigenvalue weighted by Gasteiger charge is -2.26. The lowest BCUT2D eigenvalue weighted by molar-refractivity contribution is -0.118. The summed E-state index contributed by atoms with van der Waals surface area (Å²) in [5.41, 5.74) is 3.95. The highest BCUT2D eigenvalue weighted by molar-refractivity contribution is 5.96. The molecule has 0 N–H and O–H groups in total. The molecule has 0 aliphatic carbocycles. The number of benzene rings is 2.